The molecule has 1 aromatic carbocycles. The van der Waals surface area contributed by atoms with Crippen LogP contribution in [0.25, 0.3) is 17.1 Å². The van der Waals surface area contributed by atoms with Gasteiger partial charge in [-0.2, -0.15) is 5.10 Å². The van der Waals surface area contributed by atoms with Crippen molar-refractivity contribution < 1.29 is 13.9 Å². The number of benzene rings is 1. The normalized spacial score (nSPS) is 14.8. The van der Waals surface area contributed by atoms with Crippen LogP contribution in [0, 0.1) is 0 Å². The lowest BCUT2D eigenvalue weighted by molar-refractivity contribution is 0.0374. The molecule has 4 rings (SSSR count). The van der Waals surface area contributed by atoms with Crippen LogP contribution in [0.3, 0.4) is 0 Å². The largest absolute Gasteiger partial charge is 0.463 e. The smallest absolute Gasteiger partial charge is 0.270 e. The van der Waals surface area contributed by atoms with Gasteiger partial charge in [-0.05, 0) is 37.2 Å². The fraction of sp³-hybridized carbons (Fsp3) is 0.333. The number of ether oxygens (including phenoxy) is 1. The second-order valence-electron chi connectivity index (χ2n) is 6.82. The first kappa shape index (κ1) is 19.7. The van der Waals surface area contributed by atoms with Gasteiger partial charge in [0, 0.05) is 25.7 Å². The van der Waals surface area contributed by atoms with Crippen LogP contribution in [0.4, 0.5) is 0 Å². The SMILES string of the molecule is O=C(NCCCN1CCOCC1)c1cc(-c2ccco2)nn1-c1ccccc1Cl. The minimum Gasteiger partial charge on any atom is -0.463 e. The molecule has 1 saturated heterocycles. The van der Waals surface area contributed by atoms with Crippen molar-refractivity contribution >= 4 is 17.5 Å². The third-order valence-corrected chi connectivity index (χ3v) is 5.16. The zero-order chi connectivity index (χ0) is 20.1. The van der Waals surface area contributed by atoms with E-state index < -0.39 is 0 Å². The Bertz CT molecular complexity index is 949. The zero-order valence-electron chi connectivity index (χ0n) is 16.0. The summed E-state index contributed by atoms with van der Waals surface area (Å²) in [5.41, 5.74) is 1.63. The molecule has 1 fully saturated rings. The molecule has 0 spiro atoms. The number of rotatable bonds is 7. The molecular weight excluding hydrogens is 392 g/mol. The van der Waals surface area contributed by atoms with E-state index in [1.807, 2.05) is 24.3 Å². The molecule has 0 unspecified atom stereocenters. The Hall–Kier alpha value is -2.61. The first-order chi connectivity index (χ1) is 14.2. The first-order valence-electron chi connectivity index (χ1n) is 9.69. The Morgan fingerprint density at radius 2 is 2.00 bits per heavy atom. The lowest BCUT2D eigenvalue weighted by atomic mass is 10.2. The van der Waals surface area contributed by atoms with Gasteiger partial charge in [-0.1, -0.05) is 23.7 Å². The number of morpholine rings is 1. The maximum absolute atomic E-state index is 12.9. The molecule has 7 nitrogen and oxygen atoms in total. The topological polar surface area (TPSA) is 72.5 Å². The van der Waals surface area contributed by atoms with Crippen LogP contribution < -0.4 is 5.32 Å². The average Bonchev–Trinajstić information content (AvgIpc) is 3.42. The molecule has 1 aliphatic rings. The second kappa shape index (κ2) is 9.26. The van der Waals surface area contributed by atoms with E-state index in [0.29, 0.717) is 34.4 Å². The Morgan fingerprint density at radius 1 is 1.17 bits per heavy atom. The van der Waals surface area contributed by atoms with Gasteiger partial charge in [-0.3, -0.25) is 9.69 Å². The van der Waals surface area contributed by atoms with Gasteiger partial charge in [-0.25, -0.2) is 4.68 Å². The van der Waals surface area contributed by atoms with Gasteiger partial charge in [0.25, 0.3) is 5.91 Å². The summed E-state index contributed by atoms with van der Waals surface area (Å²) in [6, 6.07) is 12.6. The molecule has 0 bridgehead atoms. The molecule has 1 aliphatic heterocycles. The fourth-order valence-electron chi connectivity index (χ4n) is 3.31. The summed E-state index contributed by atoms with van der Waals surface area (Å²) < 4.78 is 12.4. The van der Waals surface area contributed by atoms with Gasteiger partial charge in [0.2, 0.25) is 0 Å². The summed E-state index contributed by atoms with van der Waals surface area (Å²) in [6.07, 6.45) is 2.45. The van der Waals surface area contributed by atoms with Gasteiger partial charge >= 0.3 is 0 Å². The number of carbonyl (C=O) groups excluding carboxylic acids is 1. The number of halogens is 1. The third-order valence-electron chi connectivity index (χ3n) is 4.84. The maximum Gasteiger partial charge on any atom is 0.270 e. The highest BCUT2D eigenvalue weighted by Gasteiger charge is 2.20. The lowest BCUT2D eigenvalue weighted by Crippen LogP contribution is -2.38. The van der Waals surface area contributed by atoms with Crippen molar-refractivity contribution in [3.05, 3.63) is 59.4 Å². The van der Waals surface area contributed by atoms with Crippen LogP contribution in [-0.4, -0.2) is 60.0 Å². The molecule has 8 heteroatoms. The molecule has 0 atom stereocenters. The van der Waals surface area contributed by atoms with E-state index in [-0.39, 0.29) is 5.91 Å². The minimum atomic E-state index is -0.197. The van der Waals surface area contributed by atoms with Crippen LogP contribution in [-0.2, 0) is 4.74 Å². The number of furan rings is 1. The molecule has 1 amide bonds. The van der Waals surface area contributed by atoms with Gasteiger partial charge in [0.05, 0.1) is 30.2 Å². The zero-order valence-corrected chi connectivity index (χ0v) is 16.8. The standard InChI is InChI=1S/C21H23ClN4O3/c22-16-5-1-2-6-18(16)26-19(15-17(24-26)20-7-3-12-29-20)21(27)23-8-4-9-25-10-13-28-14-11-25/h1-3,5-7,12,15H,4,8-11,13-14H2,(H,23,27). The summed E-state index contributed by atoms with van der Waals surface area (Å²) in [5.74, 6) is 0.398. The summed E-state index contributed by atoms with van der Waals surface area (Å²) in [4.78, 5) is 15.3. The highest BCUT2D eigenvalue weighted by molar-refractivity contribution is 6.32. The van der Waals surface area contributed by atoms with Crippen LogP contribution in [0.15, 0.2) is 53.1 Å². The Kier molecular flexibility index (Phi) is 6.29. The molecular formula is C21H23ClN4O3. The number of carbonyl (C=O) groups is 1. The van der Waals surface area contributed by atoms with E-state index in [4.69, 9.17) is 20.8 Å². The van der Waals surface area contributed by atoms with Crippen molar-refractivity contribution in [2.24, 2.45) is 0 Å². The van der Waals surface area contributed by atoms with Crippen LogP contribution >= 0.6 is 11.6 Å². The summed E-state index contributed by atoms with van der Waals surface area (Å²) in [6.45, 7) is 4.96. The molecule has 3 heterocycles. The van der Waals surface area contributed by atoms with Crippen molar-refractivity contribution in [3.8, 4) is 17.1 Å². The van der Waals surface area contributed by atoms with Crippen LogP contribution in [0.5, 0.6) is 0 Å². The Morgan fingerprint density at radius 3 is 2.76 bits per heavy atom. The number of hydrogen-bond acceptors (Lipinski definition) is 5. The van der Waals surface area contributed by atoms with Gasteiger partial charge in [0.15, 0.2) is 5.76 Å². The highest BCUT2D eigenvalue weighted by Crippen LogP contribution is 2.25. The predicted molar refractivity (Wildman–Crippen MR) is 110 cm³/mol. The molecule has 152 valence electrons. The molecule has 29 heavy (non-hydrogen) atoms. The molecule has 0 saturated carbocycles. The minimum absolute atomic E-state index is 0.197. The first-order valence-corrected chi connectivity index (χ1v) is 10.1. The second-order valence-corrected chi connectivity index (χ2v) is 7.23. The number of para-hydroxylation sites is 1. The lowest BCUT2D eigenvalue weighted by Gasteiger charge is -2.26. The monoisotopic (exact) mass is 414 g/mol. The molecule has 1 N–H and O–H groups in total. The van der Waals surface area contributed by atoms with Gasteiger partial charge in [0.1, 0.15) is 11.4 Å². The number of nitrogens with zero attached hydrogens (tertiary/aromatic N) is 3. The van der Waals surface area contributed by atoms with E-state index in [9.17, 15) is 4.79 Å². The Balaban J connectivity index is 1.49. The van der Waals surface area contributed by atoms with E-state index in [1.165, 1.54) is 0 Å². The molecule has 3 aromatic rings. The van der Waals surface area contributed by atoms with E-state index in [1.54, 1.807) is 29.1 Å². The summed E-state index contributed by atoms with van der Waals surface area (Å²) in [5, 5.41) is 8.07. The van der Waals surface area contributed by atoms with Crippen LogP contribution in [0.1, 0.15) is 16.9 Å². The van der Waals surface area contributed by atoms with Crippen molar-refractivity contribution in [1.82, 2.24) is 20.0 Å². The van der Waals surface area contributed by atoms with Crippen molar-refractivity contribution in [2.75, 3.05) is 39.4 Å². The van der Waals surface area contributed by atoms with E-state index in [2.05, 4.69) is 15.3 Å². The number of amides is 1. The fourth-order valence-corrected chi connectivity index (χ4v) is 3.53. The molecule has 2 aromatic heterocycles. The third kappa shape index (κ3) is 4.70. The summed E-state index contributed by atoms with van der Waals surface area (Å²) in [7, 11) is 0. The van der Waals surface area contributed by atoms with E-state index in [0.717, 1.165) is 39.3 Å². The summed E-state index contributed by atoms with van der Waals surface area (Å²) >= 11 is 6.35. The molecule has 0 radical (unpaired) electrons. The Labute approximate surface area is 174 Å². The van der Waals surface area contributed by atoms with E-state index >= 15 is 0 Å². The number of hydrogen-bond donors (Lipinski definition) is 1. The van der Waals surface area contributed by atoms with Gasteiger partial charge < -0.3 is 14.5 Å². The van der Waals surface area contributed by atoms with Crippen LogP contribution in [0.2, 0.25) is 5.02 Å². The van der Waals surface area contributed by atoms with Crippen molar-refractivity contribution in [3.63, 3.8) is 0 Å². The highest BCUT2D eigenvalue weighted by atomic mass is 35.5. The predicted octanol–water partition coefficient (Wildman–Crippen LogP) is 3.24. The van der Waals surface area contributed by atoms with Crippen molar-refractivity contribution in [1.29, 1.82) is 0 Å². The van der Waals surface area contributed by atoms with Crippen molar-refractivity contribution in [2.45, 2.75) is 6.42 Å². The maximum atomic E-state index is 12.9. The average molecular weight is 415 g/mol. The quantitative estimate of drug-likeness (QED) is 0.601. The number of nitrogens with one attached hydrogen (secondary N) is 1. The van der Waals surface area contributed by atoms with Gasteiger partial charge in [-0.15, -0.1) is 0 Å². The molecule has 0 aliphatic carbocycles. The number of aromatic nitrogens is 2.